The van der Waals surface area contributed by atoms with Crippen LogP contribution in [0.1, 0.15) is 35.7 Å². The van der Waals surface area contributed by atoms with Crippen molar-refractivity contribution < 1.29 is 28.2 Å². The Balaban J connectivity index is 1.85. The maximum absolute atomic E-state index is 13.7. The van der Waals surface area contributed by atoms with Crippen LogP contribution in [-0.2, 0) is 0 Å². The minimum absolute atomic E-state index is 0.0317. The standard InChI is InChI=1S/C28H27NO6/c1-17(2)34-20-12-10-18(11-13-20)27(30)21(28-29-22-8-6-7-9-23(22)35-28)14-19-15-25(32-4)26(33-5)16-24(19)31-3/h6-17H,1-5H3. The number of hydrogen-bond acceptors (Lipinski definition) is 7. The fourth-order valence-electron chi connectivity index (χ4n) is 3.65. The van der Waals surface area contributed by atoms with Gasteiger partial charge in [-0.3, -0.25) is 4.79 Å². The number of oxazole rings is 1. The molecule has 0 aliphatic heterocycles. The van der Waals surface area contributed by atoms with Gasteiger partial charge in [-0.2, -0.15) is 0 Å². The number of nitrogens with zero attached hydrogens (tertiary/aromatic N) is 1. The Kier molecular flexibility index (Phi) is 7.06. The summed E-state index contributed by atoms with van der Waals surface area (Å²) in [5, 5.41) is 0. The molecule has 0 amide bonds. The van der Waals surface area contributed by atoms with E-state index < -0.39 is 0 Å². The number of carbonyl (C=O) groups excluding carboxylic acids is 1. The predicted octanol–water partition coefficient (Wildman–Crippen LogP) is 6.06. The van der Waals surface area contributed by atoms with Crippen LogP contribution in [0.5, 0.6) is 23.0 Å². The van der Waals surface area contributed by atoms with Crippen LogP contribution in [-0.4, -0.2) is 38.2 Å². The van der Waals surface area contributed by atoms with E-state index in [0.29, 0.717) is 45.2 Å². The molecular formula is C28H27NO6. The van der Waals surface area contributed by atoms with Crippen LogP contribution in [0.3, 0.4) is 0 Å². The highest BCUT2D eigenvalue weighted by Crippen LogP contribution is 2.37. The van der Waals surface area contributed by atoms with Crippen LogP contribution in [0, 0.1) is 0 Å². The fraction of sp³-hybridized carbons (Fsp3) is 0.214. The van der Waals surface area contributed by atoms with Crippen molar-refractivity contribution in [3.05, 3.63) is 77.7 Å². The summed E-state index contributed by atoms with van der Waals surface area (Å²) in [5.41, 5.74) is 2.58. The molecule has 7 heteroatoms. The van der Waals surface area contributed by atoms with E-state index >= 15 is 0 Å². The highest BCUT2D eigenvalue weighted by molar-refractivity contribution is 6.31. The molecule has 4 rings (SSSR count). The minimum atomic E-state index is -0.260. The van der Waals surface area contributed by atoms with Gasteiger partial charge in [0.2, 0.25) is 5.89 Å². The number of fused-ring (bicyclic) bond motifs is 1. The number of allylic oxidation sites excluding steroid dienone is 1. The SMILES string of the molecule is COc1cc(OC)c(OC)cc1C=C(C(=O)c1ccc(OC(C)C)cc1)c1nc2ccccc2o1. The number of Topliss-reactive ketones (excluding diaryl/α,β-unsaturated/α-hetero) is 1. The first-order chi connectivity index (χ1) is 16.9. The van der Waals surface area contributed by atoms with E-state index in [0.717, 1.165) is 0 Å². The van der Waals surface area contributed by atoms with Crippen molar-refractivity contribution in [2.45, 2.75) is 20.0 Å². The summed E-state index contributed by atoms with van der Waals surface area (Å²) in [6.07, 6.45) is 1.72. The van der Waals surface area contributed by atoms with Crippen LogP contribution in [0.15, 0.2) is 65.1 Å². The van der Waals surface area contributed by atoms with Gasteiger partial charge < -0.3 is 23.4 Å². The first kappa shape index (κ1) is 23.9. The smallest absolute Gasteiger partial charge is 0.231 e. The Labute approximate surface area is 203 Å². The third-order valence-electron chi connectivity index (χ3n) is 5.29. The molecule has 35 heavy (non-hydrogen) atoms. The molecule has 0 unspecified atom stereocenters. The molecule has 7 nitrogen and oxygen atoms in total. The molecule has 0 aliphatic carbocycles. The monoisotopic (exact) mass is 473 g/mol. The first-order valence-electron chi connectivity index (χ1n) is 11.1. The maximum Gasteiger partial charge on any atom is 0.231 e. The van der Waals surface area contributed by atoms with E-state index in [1.54, 1.807) is 63.8 Å². The number of ketones is 1. The molecule has 0 atom stereocenters. The van der Waals surface area contributed by atoms with Gasteiger partial charge in [0.05, 0.1) is 33.0 Å². The Bertz CT molecular complexity index is 1340. The van der Waals surface area contributed by atoms with Crippen molar-refractivity contribution in [2.75, 3.05) is 21.3 Å². The molecule has 4 aromatic rings. The van der Waals surface area contributed by atoms with Gasteiger partial charge in [-0.25, -0.2) is 4.98 Å². The second-order valence-electron chi connectivity index (χ2n) is 8.01. The molecule has 0 fully saturated rings. The molecule has 0 spiro atoms. The van der Waals surface area contributed by atoms with Gasteiger partial charge in [-0.15, -0.1) is 0 Å². The van der Waals surface area contributed by atoms with Crippen LogP contribution >= 0.6 is 0 Å². The Morgan fingerprint density at radius 3 is 2.17 bits per heavy atom. The summed E-state index contributed by atoms with van der Waals surface area (Å²) < 4.78 is 28.1. The summed E-state index contributed by atoms with van der Waals surface area (Å²) in [6.45, 7) is 3.90. The zero-order valence-electron chi connectivity index (χ0n) is 20.3. The average Bonchev–Trinajstić information content (AvgIpc) is 3.30. The van der Waals surface area contributed by atoms with Gasteiger partial charge in [0.25, 0.3) is 0 Å². The Hall–Kier alpha value is -4.26. The van der Waals surface area contributed by atoms with Gasteiger partial charge in [0.1, 0.15) is 17.0 Å². The number of ether oxygens (including phenoxy) is 4. The first-order valence-corrected chi connectivity index (χ1v) is 11.1. The van der Waals surface area contributed by atoms with Crippen LogP contribution in [0.2, 0.25) is 0 Å². The highest BCUT2D eigenvalue weighted by Gasteiger charge is 2.22. The lowest BCUT2D eigenvalue weighted by atomic mass is 10.00. The lowest BCUT2D eigenvalue weighted by molar-refractivity contribution is 0.105. The van der Waals surface area contributed by atoms with Gasteiger partial charge in [0, 0.05) is 17.2 Å². The summed E-state index contributed by atoms with van der Waals surface area (Å²) in [5.74, 6) is 2.14. The Morgan fingerprint density at radius 2 is 1.54 bits per heavy atom. The molecule has 1 heterocycles. The lowest BCUT2D eigenvalue weighted by Gasteiger charge is -2.13. The molecular weight excluding hydrogens is 446 g/mol. The maximum atomic E-state index is 13.7. The molecule has 0 saturated heterocycles. The number of para-hydroxylation sites is 2. The van der Waals surface area contributed by atoms with Crippen molar-refractivity contribution in [1.29, 1.82) is 0 Å². The highest BCUT2D eigenvalue weighted by atomic mass is 16.5. The van der Waals surface area contributed by atoms with Crippen molar-refractivity contribution in [3.8, 4) is 23.0 Å². The molecule has 0 radical (unpaired) electrons. The van der Waals surface area contributed by atoms with Crippen molar-refractivity contribution in [2.24, 2.45) is 0 Å². The topological polar surface area (TPSA) is 80.0 Å². The van der Waals surface area contributed by atoms with Crippen LogP contribution in [0.25, 0.3) is 22.7 Å². The zero-order chi connectivity index (χ0) is 24.9. The number of aromatic nitrogens is 1. The van der Waals surface area contributed by atoms with Crippen LogP contribution < -0.4 is 18.9 Å². The van der Waals surface area contributed by atoms with Crippen molar-refractivity contribution in [1.82, 2.24) is 4.98 Å². The second-order valence-corrected chi connectivity index (χ2v) is 8.01. The zero-order valence-corrected chi connectivity index (χ0v) is 20.3. The molecule has 1 aromatic heterocycles. The second kappa shape index (κ2) is 10.3. The normalized spacial score (nSPS) is 11.5. The number of hydrogen-bond donors (Lipinski definition) is 0. The predicted molar refractivity (Wildman–Crippen MR) is 135 cm³/mol. The number of rotatable bonds is 9. The van der Waals surface area contributed by atoms with E-state index in [-0.39, 0.29) is 23.4 Å². The van der Waals surface area contributed by atoms with Crippen LogP contribution in [0.4, 0.5) is 0 Å². The molecule has 0 bridgehead atoms. The van der Waals surface area contributed by atoms with Gasteiger partial charge >= 0.3 is 0 Å². The Morgan fingerprint density at radius 1 is 0.886 bits per heavy atom. The third-order valence-corrected chi connectivity index (χ3v) is 5.29. The van der Waals surface area contributed by atoms with Gasteiger partial charge in [-0.1, -0.05) is 12.1 Å². The number of methoxy groups -OCH3 is 3. The van der Waals surface area contributed by atoms with E-state index in [9.17, 15) is 4.79 Å². The summed E-state index contributed by atoms with van der Waals surface area (Å²) in [7, 11) is 4.64. The van der Waals surface area contributed by atoms with Crippen molar-refractivity contribution in [3.63, 3.8) is 0 Å². The molecule has 3 aromatic carbocycles. The summed E-state index contributed by atoms with van der Waals surface area (Å²) in [6, 6.07) is 17.8. The number of benzene rings is 3. The molecule has 0 aliphatic rings. The number of carbonyl (C=O) groups is 1. The van der Waals surface area contributed by atoms with Gasteiger partial charge in [-0.05, 0) is 62.4 Å². The van der Waals surface area contributed by atoms with Crippen molar-refractivity contribution >= 4 is 28.5 Å². The van der Waals surface area contributed by atoms with E-state index in [1.807, 2.05) is 38.1 Å². The summed E-state index contributed by atoms with van der Waals surface area (Å²) in [4.78, 5) is 18.3. The minimum Gasteiger partial charge on any atom is -0.496 e. The lowest BCUT2D eigenvalue weighted by Crippen LogP contribution is -2.07. The average molecular weight is 474 g/mol. The van der Waals surface area contributed by atoms with E-state index in [4.69, 9.17) is 23.4 Å². The summed E-state index contributed by atoms with van der Waals surface area (Å²) >= 11 is 0. The van der Waals surface area contributed by atoms with Gasteiger partial charge in [0.15, 0.2) is 22.9 Å². The molecule has 0 N–H and O–H groups in total. The van der Waals surface area contributed by atoms with E-state index in [1.165, 1.54) is 0 Å². The molecule has 180 valence electrons. The quantitative estimate of drug-likeness (QED) is 0.216. The third kappa shape index (κ3) is 5.14. The molecule has 0 saturated carbocycles. The van der Waals surface area contributed by atoms with E-state index in [2.05, 4.69) is 4.98 Å². The fourth-order valence-corrected chi connectivity index (χ4v) is 3.65. The largest absolute Gasteiger partial charge is 0.496 e.